The molecule has 7 nitrogen and oxygen atoms in total. The minimum atomic E-state index is -0.643. The molecule has 0 aliphatic heterocycles. The largest absolute Gasteiger partial charge is 0.495 e. The third kappa shape index (κ3) is 7.78. The first-order chi connectivity index (χ1) is 17.8. The number of nitriles is 1. The van der Waals surface area contributed by atoms with Gasteiger partial charge in [0.05, 0.1) is 23.6 Å². The second-order valence-electron chi connectivity index (χ2n) is 8.06. The van der Waals surface area contributed by atoms with Crippen molar-refractivity contribution in [3.05, 3.63) is 99.0 Å². The van der Waals surface area contributed by atoms with Gasteiger partial charge >= 0.3 is 0 Å². The van der Waals surface area contributed by atoms with Gasteiger partial charge in [0.15, 0.2) is 0 Å². The Bertz CT molecular complexity index is 1350. The number of benzene rings is 3. The summed E-state index contributed by atoms with van der Waals surface area (Å²) in [6, 6.07) is 22.3. The summed E-state index contributed by atoms with van der Waals surface area (Å²) in [4.78, 5) is 25.8. The molecule has 3 rings (SSSR count). The van der Waals surface area contributed by atoms with Gasteiger partial charge in [-0.1, -0.05) is 71.9 Å². The van der Waals surface area contributed by atoms with Gasteiger partial charge in [0.25, 0.3) is 5.91 Å². The van der Waals surface area contributed by atoms with Crippen LogP contribution in [0.1, 0.15) is 16.7 Å². The number of nitrogens with one attached hydrogen (secondary N) is 3. The molecule has 0 unspecified atom stereocenters. The average Bonchev–Trinajstić information content (AvgIpc) is 2.90. The van der Waals surface area contributed by atoms with Crippen molar-refractivity contribution in [3.8, 4) is 11.8 Å². The number of hydrogen-bond acceptors (Lipinski definition) is 6. The van der Waals surface area contributed by atoms with E-state index in [0.717, 1.165) is 34.1 Å². The average molecular weight is 535 g/mol. The Balaban J connectivity index is 1.85. The second kappa shape index (κ2) is 13.4. The molecule has 0 aromatic heterocycles. The second-order valence-corrected chi connectivity index (χ2v) is 9.46. The summed E-state index contributed by atoms with van der Waals surface area (Å²) in [5.74, 6) is -0.507. The van der Waals surface area contributed by atoms with Gasteiger partial charge in [0.2, 0.25) is 5.91 Å². The van der Waals surface area contributed by atoms with E-state index in [1.54, 1.807) is 19.1 Å². The lowest BCUT2D eigenvalue weighted by atomic mass is 10.2. The van der Waals surface area contributed by atoms with Gasteiger partial charge in [-0.3, -0.25) is 9.59 Å². The van der Waals surface area contributed by atoms with Gasteiger partial charge < -0.3 is 20.7 Å². The van der Waals surface area contributed by atoms with Crippen molar-refractivity contribution in [2.24, 2.45) is 0 Å². The molecule has 37 heavy (non-hydrogen) atoms. The van der Waals surface area contributed by atoms with Gasteiger partial charge in [0.1, 0.15) is 17.4 Å². The number of hydrogen-bond donors (Lipinski definition) is 3. The number of nitrogens with zero attached hydrogens (tertiary/aromatic N) is 1. The zero-order valence-electron chi connectivity index (χ0n) is 20.7. The number of carbonyl (C=O) groups excluding carboxylic acids is 2. The minimum Gasteiger partial charge on any atom is -0.495 e. The number of aryl methyl sites for hydroxylation is 2. The van der Waals surface area contributed by atoms with Crippen molar-refractivity contribution >= 4 is 46.6 Å². The third-order valence-electron chi connectivity index (χ3n) is 5.37. The molecule has 0 fully saturated rings. The number of para-hydroxylation sites is 1. The van der Waals surface area contributed by atoms with Crippen LogP contribution in [-0.4, -0.2) is 24.7 Å². The molecule has 9 heteroatoms. The van der Waals surface area contributed by atoms with Crippen molar-refractivity contribution in [3.63, 3.8) is 0 Å². The molecule has 190 valence electrons. The van der Waals surface area contributed by atoms with Gasteiger partial charge in [0, 0.05) is 23.3 Å². The first-order valence-corrected chi connectivity index (χ1v) is 12.7. The van der Waals surface area contributed by atoms with Crippen LogP contribution in [0.5, 0.6) is 5.75 Å². The zero-order valence-corrected chi connectivity index (χ0v) is 22.3. The Morgan fingerprint density at radius 1 is 0.973 bits per heavy atom. The molecule has 3 aromatic carbocycles. The van der Waals surface area contributed by atoms with E-state index in [9.17, 15) is 14.9 Å². The molecular weight excluding hydrogens is 508 g/mol. The van der Waals surface area contributed by atoms with Crippen LogP contribution in [-0.2, 0) is 16.1 Å². The van der Waals surface area contributed by atoms with Crippen LogP contribution in [0.15, 0.2) is 77.3 Å². The number of thioether (sulfide) groups is 1. The molecule has 0 heterocycles. The number of amides is 2. The summed E-state index contributed by atoms with van der Waals surface area (Å²) in [7, 11) is 1.47. The highest BCUT2D eigenvalue weighted by Crippen LogP contribution is 2.32. The fourth-order valence-electron chi connectivity index (χ4n) is 3.31. The topological polar surface area (TPSA) is 103 Å². The Morgan fingerprint density at radius 3 is 2.35 bits per heavy atom. The standard InChI is InChI=1S/C28H27ClN4O3S/c1-18-9-7-8-12-23(18)33-28(37-17-26(34)31-16-20-10-5-4-6-11-20)21(15-30)27(35)32-24-13-19(2)22(29)14-25(24)36-3/h4-14,33H,16-17H2,1-3H3,(H,31,34)(H,32,35)/b28-21+. The Labute approximate surface area is 225 Å². The van der Waals surface area contributed by atoms with Crippen LogP contribution >= 0.6 is 23.4 Å². The van der Waals surface area contributed by atoms with E-state index in [1.165, 1.54) is 7.11 Å². The van der Waals surface area contributed by atoms with Gasteiger partial charge in [-0.25, -0.2) is 0 Å². The Hall–Kier alpha value is -3.93. The van der Waals surface area contributed by atoms with Gasteiger partial charge in [-0.15, -0.1) is 0 Å². The summed E-state index contributed by atoms with van der Waals surface area (Å²) >= 11 is 7.25. The smallest absolute Gasteiger partial charge is 0.269 e. The van der Waals surface area contributed by atoms with E-state index < -0.39 is 5.91 Å². The molecule has 0 radical (unpaired) electrons. The van der Waals surface area contributed by atoms with Crippen molar-refractivity contribution in [1.82, 2.24) is 5.32 Å². The molecule has 0 atom stereocenters. The third-order valence-corrected chi connectivity index (χ3v) is 6.78. The molecule has 3 aromatic rings. The number of rotatable bonds is 10. The lowest BCUT2D eigenvalue weighted by molar-refractivity contribution is -0.118. The fourth-order valence-corrected chi connectivity index (χ4v) is 4.31. The molecule has 0 aliphatic rings. The van der Waals surface area contributed by atoms with E-state index >= 15 is 0 Å². The molecule has 0 saturated carbocycles. The van der Waals surface area contributed by atoms with Crippen LogP contribution < -0.4 is 20.7 Å². The van der Waals surface area contributed by atoms with Gasteiger partial charge in [-0.05, 0) is 42.7 Å². The Morgan fingerprint density at radius 2 is 1.68 bits per heavy atom. The van der Waals surface area contributed by atoms with E-state index in [0.29, 0.717) is 23.0 Å². The lowest BCUT2D eigenvalue weighted by Crippen LogP contribution is -2.25. The maximum Gasteiger partial charge on any atom is 0.269 e. The highest BCUT2D eigenvalue weighted by atomic mass is 35.5. The predicted molar refractivity (Wildman–Crippen MR) is 150 cm³/mol. The molecule has 3 N–H and O–H groups in total. The number of anilines is 2. The molecule has 0 bridgehead atoms. The summed E-state index contributed by atoms with van der Waals surface area (Å²) in [5.41, 5.74) is 3.56. The van der Waals surface area contributed by atoms with Crippen molar-refractivity contribution in [2.45, 2.75) is 20.4 Å². The van der Waals surface area contributed by atoms with Crippen LogP contribution in [0, 0.1) is 25.2 Å². The first-order valence-electron chi connectivity index (χ1n) is 11.4. The molecule has 0 spiro atoms. The van der Waals surface area contributed by atoms with Crippen molar-refractivity contribution in [1.29, 1.82) is 5.26 Å². The predicted octanol–water partition coefficient (Wildman–Crippen LogP) is 5.80. The maximum atomic E-state index is 13.2. The van der Waals surface area contributed by atoms with E-state index in [-0.39, 0.29) is 22.3 Å². The first kappa shape index (κ1) is 27.7. The van der Waals surface area contributed by atoms with Crippen LogP contribution in [0.2, 0.25) is 5.02 Å². The number of methoxy groups -OCH3 is 1. The summed E-state index contributed by atoms with van der Waals surface area (Å²) in [6.45, 7) is 4.09. The zero-order chi connectivity index (χ0) is 26.8. The molecular formula is C28H27ClN4O3S. The number of ether oxygens (including phenoxy) is 1. The highest BCUT2D eigenvalue weighted by molar-refractivity contribution is 8.03. The van der Waals surface area contributed by atoms with Crippen LogP contribution in [0.3, 0.4) is 0 Å². The fraction of sp³-hybridized carbons (Fsp3) is 0.179. The molecule has 0 saturated heterocycles. The van der Waals surface area contributed by atoms with Crippen molar-refractivity contribution < 1.29 is 14.3 Å². The minimum absolute atomic E-state index is 0.00286. The normalized spacial score (nSPS) is 11.1. The van der Waals surface area contributed by atoms with E-state index in [2.05, 4.69) is 16.0 Å². The number of halogens is 1. The van der Waals surface area contributed by atoms with Crippen molar-refractivity contribution in [2.75, 3.05) is 23.5 Å². The maximum absolute atomic E-state index is 13.2. The Kier molecular flexibility index (Phi) is 10.0. The van der Waals surface area contributed by atoms with Gasteiger partial charge in [-0.2, -0.15) is 5.26 Å². The summed E-state index contributed by atoms with van der Waals surface area (Å²) < 4.78 is 5.34. The highest BCUT2D eigenvalue weighted by Gasteiger charge is 2.20. The van der Waals surface area contributed by atoms with Crippen LogP contribution in [0.25, 0.3) is 0 Å². The monoisotopic (exact) mass is 534 g/mol. The molecule has 2 amide bonds. The number of carbonyl (C=O) groups is 2. The SMILES string of the molecule is COc1cc(Cl)c(C)cc1NC(=O)/C(C#N)=C(\Nc1ccccc1C)SCC(=O)NCc1ccccc1. The lowest BCUT2D eigenvalue weighted by Gasteiger charge is -2.16. The molecule has 0 aliphatic carbocycles. The summed E-state index contributed by atoms with van der Waals surface area (Å²) in [6.07, 6.45) is 0. The van der Waals surface area contributed by atoms with E-state index in [4.69, 9.17) is 16.3 Å². The summed E-state index contributed by atoms with van der Waals surface area (Å²) in [5, 5.41) is 19.5. The van der Waals surface area contributed by atoms with E-state index in [1.807, 2.05) is 67.6 Å². The van der Waals surface area contributed by atoms with Crippen LogP contribution in [0.4, 0.5) is 11.4 Å². The quantitative estimate of drug-likeness (QED) is 0.224.